The molecule has 0 bridgehead atoms. The topological polar surface area (TPSA) is 168 Å². The van der Waals surface area contributed by atoms with Crippen molar-refractivity contribution in [3.63, 3.8) is 0 Å². The molecule has 0 aliphatic heterocycles. The summed E-state index contributed by atoms with van der Waals surface area (Å²) in [5.41, 5.74) is 1.18. The summed E-state index contributed by atoms with van der Waals surface area (Å²) in [5.74, 6) is -1.17. The lowest BCUT2D eigenvalue weighted by molar-refractivity contribution is -0.767. The Morgan fingerprint density at radius 2 is 1.87 bits per heavy atom. The lowest BCUT2D eigenvalue weighted by Crippen LogP contribution is -2.32. The minimum Gasteiger partial charge on any atom is -0.462 e. The van der Waals surface area contributed by atoms with E-state index in [4.69, 9.17) is 4.74 Å². The fourth-order valence-corrected chi connectivity index (χ4v) is 4.86. The van der Waals surface area contributed by atoms with Crippen molar-refractivity contribution in [2.75, 3.05) is 13.2 Å². The Morgan fingerprint density at radius 1 is 1.15 bits per heavy atom. The zero-order chi connectivity index (χ0) is 28.6. The first-order valence-corrected chi connectivity index (χ1v) is 13.6. The summed E-state index contributed by atoms with van der Waals surface area (Å²) in [6.45, 7) is 0.767. The van der Waals surface area contributed by atoms with Gasteiger partial charge in [-0.2, -0.15) is 0 Å². The molecular formula is C28H42N2O9. The Balaban J connectivity index is 1.61. The number of aliphatic hydroxyl groups is 3. The highest BCUT2D eigenvalue weighted by Crippen LogP contribution is 2.38. The van der Waals surface area contributed by atoms with Crippen LogP contribution in [0.5, 0.6) is 0 Å². The maximum absolute atomic E-state index is 11.9. The minimum atomic E-state index is -0.965. The molecule has 1 unspecified atom stereocenters. The van der Waals surface area contributed by atoms with Gasteiger partial charge >= 0.3 is 5.97 Å². The van der Waals surface area contributed by atoms with Gasteiger partial charge in [-0.05, 0) is 75.7 Å². The van der Waals surface area contributed by atoms with Crippen LogP contribution in [0.4, 0.5) is 0 Å². The number of benzene rings is 1. The third-order valence-electron chi connectivity index (χ3n) is 6.99. The summed E-state index contributed by atoms with van der Waals surface area (Å²) < 4.78 is 4.80. The number of nitrogens with one attached hydrogen (secondary N) is 1. The van der Waals surface area contributed by atoms with Crippen LogP contribution in [0.25, 0.3) is 0 Å². The molecule has 0 heterocycles. The summed E-state index contributed by atoms with van der Waals surface area (Å²) >= 11 is 0. The number of rotatable bonds is 18. The molecule has 0 spiro atoms. The highest BCUT2D eigenvalue weighted by molar-refractivity contribution is 5.81. The Kier molecular flexibility index (Phi) is 14.5. The lowest BCUT2D eigenvalue weighted by atomic mass is 9.85. The van der Waals surface area contributed by atoms with Crippen LogP contribution in [0.2, 0.25) is 0 Å². The molecule has 1 aromatic rings. The van der Waals surface area contributed by atoms with Gasteiger partial charge in [0.05, 0.1) is 18.3 Å². The maximum Gasteiger partial charge on any atom is 0.325 e. The Labute approximate surface area is 229 Å². The van der Waals surface area contributed by atoms with Gasteiger partial charge in [-0.1, -0.05) is 42.5 Å². The second-order valence-electron chi connectivity index (χ2n) is 10.2. The van der Waals surface area contributed by atoms with Crippen LogP contribution in [-0.2, 0) is 25.6 Å². The second-order valence-corrected chi connectivity index (χ2v) is 10.2. The van der Waals surface area contributed by atoms with E-state index in [0.29, 0.717) is 44.9 Å². The normalized spacial score (nSPS) is 22.4. The van der Waals surface area contributed by atoms with E-state index in [2.05, 4.69) is 10.2 Å². The fraction of sp³-hybridized carbons (Fsp3) is 0.643. The molecule has 1 aliphatic carbocycles. The highest BCUT2D eigenvalue weighted by atomic mass is 17.0. The number of allylic oxidation sites excluding steroid dienone is 2. The number of aryl methyl sites for hydroxylation is 1. The van der Waals surface area contributed by atoms with E-state index < -0.39 is 35.5 Å². The number of aliphatic hydroxyl groups excluding tert-OH is 3. The van der Waals surface area contributed by atoms with E-state index in [1.54, 1.807) is 0 Å². The predicted molar refractivity (Wildman–Crippen MR) is 143 cm³/mol. The number of ether oxygens (including phenoxy) is 1. The summed E-state index contributed by atoms with van der Waals surface area (Å²) in [6.07, 6.45) is 6.45. The quantitative estimate of drug-likeness (QED) is 0.0705. The monoisotopic (exact) mass is 550 g/mol. The summed E-state index contributed by atoms with van der Waals surface area (Å²) in [5, 5.41) is 43.0. The average Bonchev–Trinajstić information content (AvgIpc) is 3.17. The Bertz CT molecular complexity index is 912. The summed E-state index contributed by atoms with van der Waals surface area (Å²) in [4.78, 5) is 37.9. The highest BCUT2D eigenvalue weighted by Gasteiger charge is 2.40. The van der Waals surface area contributed by atoms with Crippen molar-refractivity contribution in [2.45, 2.75) is 89.1 Å². The van der Waals surface area contributed by atoms with E-state index in [0.717, 1.165) is 6.42 Å². The third-order valence-corrected chi connectivity index (χ3v) is 6.99. The fourth-order valence-electron chi connectivity index (χ4n) is 4.86. The molecule has 0 saturated heterocycles. The van der Waals surface area contributed by atoms with Crippen LogP contribution in [-0.4, -0.2) is 69.9 Å². The number of unbranched alkanes of at least 4 members (excludes halogenated alkanes) is 1. The lowest BCUT2D eigenvalue weighted by Gasteiger charge is -2.23. The number of carbonyl (C=O) groups is 2. The zero-order valence-electron chi connectivity index (χ0n) is 22.5. The number of nitrogens with zero attached hydrogens (tertiary/aromatic N) is 1. The van der Waals surface area contributed by atoms with Crippen molar-refractivity contribution in [3.05, 3.63) is 58.2 Å². The SMILES string of the molecule is CC(COC(=O)CNC(=O)CCCC=CC[C@@H]1[C@@H](CC[C@@H](O)CCc2ccccc2)[C@H](O)C[C@@H]1O)O[N+](=O)[O-]. The van der Waals surface area contributed by atoms with Gasteiger partial charge in [0.1, 0.15) is 19.3 Å². The molecule has 0 aromatic heterocycles. The van der Waals surface area contributed by atoms with E-state index in [1.807, 2.05) is 42.5 Å². The van der Waals surface area contributed by atoms with Crippen LogP contribution in [0, 0.1) is 22.0 Å². The van der Waals surface area contributed by atoms with Crippen molar-refractivity contribution in [1.82, 2.24) is 5.32 Å². The van der Waals surface area contributed by atoms with Gasteiger partial charge in [-0.3, -0.25) is 9.59 Å². The molecule has 2 rings (SSSR count). The van der Waals surface area contributed by atoms with Gasteiger partial charge in [0.25, 0.3) is 5.09 Å². The van der Waals surface area contributed by atoms with Crippen LogP contribution in [0.15, 0.2) is 42.5 Å². The zero-order valence-corrected chi connectivity index (χ0v) is 22.5. The molecule has 1 saturated carbocycles. The van der Waals surface area contributed by atoms with Crippen molar-refractivity contribution in [1.29, 1.82) is 0 Å². The maximum atomic E-state index is 11.9. The van der Waals surface area contributed by atoms with E-state index in [1.165, 1.54) is 12.5 Å². The van der Waals surface area contributed by atoms with Crippen molar-refractivity contribution >= 4 is 11.9 Å². The third kappa shape index (κ3) is 13.1. The average molecular weight is 551 g/mol. The molecule has 4 N–H and O–H groups in total. The van der Waals surface area contributed by atoms with Crippen LogP contribution >= 0.6 is 0 Å². The first kappa shape index (κ1) is 32.2. The van der Waals surface area contributed by atoms with Gasteiger partial charge in [0, 0.05) is 6.42 Å². The minimum absolute atomic E-state index is 0.0735. The molecule has 1 fully saturated rings. The number of carbonyl (C=O) groups excluding carboxylic acids is 2. The van der Waals surface area contributed by atoms with Gasteiger partial charge < -0.3 is 30.2 Å². The van der Waals surface area contributed by atoms with Crippen molar-refractivity contribution in [3.8, 4) is 0 Å². The molecule has 1 amide bonds. The Hall–Kier alpha value is -3.02. The molecular weight excluding hydrogens is 508 g/mol. The molecule has 218 valence electrons. The number of amides is 1. The number of esters is 1. The predicted octanol–water partition coefficient (Wildman–Crippen LogP) is 2.49. The van der Waals surface area contributed by atoms with E-state index >= 15 is 0 Å². The summed E-state index contributed by atoms with van der Waals surface area (Å²) in [6, 6.07) is 10.0. The standard InChI is InChI=1S/C28H42N2O9/c1-20(39-30(36)37)19-38-28(35)18-29-27(34)12-8-3-2-7-11-23-24(26(33)17-25(23)32)16-15-22(31)14-13-21-9-5-4-6-10-21/h2,4-7,9-10,20,22-26,31-33H,3,8,11-19H2,1H3,(H,29,34)/t20?,22-,23+,24+,25-,26+/m0/s1. The first-order valence-electron chi connectivity index (χ1n) is 13.6. The Morgan fingerprint density at radius 3 is 2.59 bits per heavy atom. The van der Waals surface area contributed by atoms with Gasteiger partial charge in [0.2, 0.25) is 5.91 Å². The van der Waals surface area contributed by atoms with E-state index in [9.17, 15) is 35.0 Å². The van der Waals surface area contributed by atoms with Crippen molar-refractivity contribution in [2.24, 2.45) is 11.8 Å². The van der Waals surface area contributed by atoms with Crippen LogP contribution < -0.4 is 5.32 Å². The second kappa shape index (κ2) is 17.5. The molecule has 1 aliphatic rings. The van der Waals surface area contributed by atoms with Gasteiger partial charge in [0.15, 0.2) is 0 Å². The van der Waals surface area contributed by atoms with Gasteiger partial charge in [-0.15, -0.1) is 10.1 Å². The molecule has 11 nitrogen and oxygen atoms in total. The first-order chi connectivity index (χ1) is 18.7. The van der Waals surface area contributed by atoms with E-state index in [-0.39, 0.29) is 37.3 Å². The number of hydrogen-bond acceptors (Lipinski definition) is 9. The number of hydrogen-bond donors (Lipinski definition) is 4. The molecule has 11 heteroatoms. The molecule has 1 aromatic carbocycles. The largest absolute Gasteiger partial charge is 0.462 e. The molecule has 0 radical (unpaired) electrons. The smallest absolute Gasteiger partial charge is 0.325 e. The summed E-state index contributed by atoms with van der Waals surface area (Å²) in [7, 11) is 0. The molecule has 39 heavy (non-hydrogen) atoms. The van der Waals surface area contributed by atoms with Gasteiger partial charge in [-0.25, -0.2) is 0 Å². The van der Waals surface area contributed by atoms with Crippen molar-refractivity contribution < 1.29 is 39.6 Å². The van der Waals surface area contributed by atoms with Crippen LogP contribution in [0.1, 0.15) is 63.9 Å². The van der Waals surface area contributed by atoms with Crippen LogP contribution in [0.3, 0.4) is 0 Å². The molecule has 6 atom stereocenters.